The molecular weight excluding hydrogens is 345 g/mol. The van der Waals surface area contributed by atoms with Gasteiger partial charge in [-0.3, -0.25) is 4.79 Å². The summed E-state index contributed by atoms with van der Waals surface area (Å²) < 4.78 is 13.7. The smallest absolute Gasteiger partial charge is 0.255 e. The van der Waals surface area contributed by atoms with Crippen molar-refractivity contribution in [3.8, 4) is 0 Å². The third kappa shape index (κ3) is 3.73. The number of nitrogens with zero attached hydrogens (tertiary/aromatic N) is 1. The van der Waals surface area contributed by atoms with E-state index in [-0.39, 0.29) is 11.7 Å². The standard InChI is InChI=1S/C20H24FN5O/c1-11-17(25-19(22)18(11)20(27)23-7-8-26(3)4)10-14-12(2)24-16-6-5-13(21)9-15(14)16/h5-6,9-10,24-25H,2,7-8,22H2,1,3-4H3,(H,23,27)/b14-10+. The highest BCUT2D eigenvalue weighted by Crippen LogP contribution is 2.21. The number of rotatable bonds is 5. The van der Waals surface area contributed by atoms with Gasteiger partial charge in [-0.2, -0.15) is 0 Å². The largest absolute Gasteiger partial charge is 0.385 e. The van der Waals surface area contributed by atoms with E-state index in [1.165, 1.54) is 12.1 Å². The Morgan fingerprint density at radius 2 is 2.11 bits per heavy atom. The minimum absolute atomic E-state index is 0.220. The summed E-state index contributed by atoms with van der Waals surface area (Å²) >= 11 is 0. The Morgan fingerprint density at radius 1 is 1.37 bits per heavy atom. The molecule has 0 radical (unpaired) electrons. The average Bonchev–Trinajstić information content (AvgIpc) is 3.04. The molecule has 1 aromatic carbocycles. The van der Waals surface area contributed by atoms with Crippen molar-refractivity contribution in [2.24, 2.45) is 0 Å². The summed E-state index contributed by atoms with van der Waals surface area (Å²) in [5.74, 6) is -0.236. The molecule has 0 fully saturated rings. The number of fused-ring (bicyclic) bond motifs is 1. The van der Waals surface area contributed by atoms with Gasteiger partial charge in [-0.15, -0.1) is 0 Å². The SMILES string of the molecule is C=c1[nH]c2ccc(F)cc2/c1=C/c1[nH]c(N)c(C(=O)NCCN(C)C)c1C. The molecule has 2 heterocycles. The van der Waals surface area contributed by atoms with Crippen molar-refractivity contribution in [3.05, 3.63) is 51.4 Å². The van der Waals surface area contributed by atoms with Crippen molar-refractivity contribution in [2.45, 2.75) is 6.92 Å². The van der Waals surface area contributed by atoms with E-state index in [1.807, 2.05) is 32.0 Å². The topological polar surface area (TPSA) is 89.9 Å². The Balaban J connectivity index is 2.02. The Labute approximate surface area is 156 Å². The van der Waals surface area contributed by atoms with Crippen molar-refractivity contribution in [3.63, 3.8) is 0 Å². The van der Waals surface area contributed by atoms with Gasteiger partial charge in [-0.25, -0.2) is 4.39 Å². The van der Waals surface area contributed by atoms with E-state index in [1.54, 1.807) is 6.07 Å². The van der Waals surface area contributed by atoms with Gasteiger partial charge in [0.15, 0.2) is 0 Å². The molecule has 1 amide bonds. The lowest BCUT2D eigenvalue weighted by molar-refractivity contribution is 0.0951. The summed E-state index contributed by atoms with van der Waals surface area (Å²) in [5, 5.41) is 5.02. The number of carbonyl (C=O) groups is 1. The van der Waals surface area contributed by atoms with Gasteiger partial charge >= 0.3 is 0 Å². The van der Waals surface area contributed by atoms with E-state index < -0.39 is 0 Å². The Bertz CT molecular complexity index is 1110. The summed E-state index contributed by atoms with van der Waals surface area (Å²) in [6.45, 7) is 7.09. The van der Waals surface area contributed by atoms with Crippen molar-refractivity contribution in [1.82, 2.24) is 20.2 Å². The summed E-state index contributed by atoms with van der Waals surface area (Å²) in [6, 6.07) is 4.54. The molecule has 0 bridgehead atoms. The second-order valence-corrected chi connectivity index (χ2v) is 6.86. The van der Waals surface area contributed by atoms with Gasteiger partial charge in [0.05, 0.1) is 5.56 Å². The van der Waals surface area contributed by atoms with Crippen LogP contribution in [0.25, 0.3) is 23.6 Å². The molecule has 7 heteroatoms. The third-order valence-corrected chi connectivity index (χ3v) is 4.56. The first kappa shape index (κ1) is 18.7. The molecule has 0 aliphatic heterocycles. The van der Waals surface area contributed by atoms with E-state index in [4.69, 9.17) is 5.73 Å². The van der Waals surface area contributed by atoms with Crippen LogP contribution in [0.1, 0.15) is 21.6 Å². The molecule has 0 unspecified atom stereocenters. The zero-order valence-electron chi connectivity index (χ0n) is 15.7. The van der Waals surface area contributed by atoms with Gasteiger partial charge < -0.3 is 25.9 Å². The molecule has 0 spiro atoms. The number of hydrogen-bond donors (Lipinski definition) is 4. The number of hydrogen-bond acceptors (Lipinski definition) is 3. The minimum Gasteiger partial charge on any atom is -0.385 e. The molecule has 0 saturated carbocycles. The van der Waals surface area contributed by atoms with Crippen LogP contribution in [0.2, 0.25) is 0 Å². The Kier molecular flexibility index (Phi) is 5.05. The predicted molar refractivity (Wildman–Crippen MR) is 107 cm³/mol. The second-order valence-electron chi connectivity index (χ2n) is 6.86. The molecule has 0 saturated heterocycles. The molecule has 2 aromatic heterocycles. The number of benzene rings is 1. The lowest BCUT2D eigenvalue weighted by atomic mass is 10.1. The first-order valence-corrected chi connectivity index (χ1v) is 8.66. The highest BCUT2D eigenvalue weighted by Gasteiger charge is 2.18. The fraction of sp³-hybridized carbons (Fsp3) is 0.250. The van der Waals surface area contributed by atoms with Crippen LogP contribution in [-0.4, -0.2) is 48.0 Å². The van der Waals surface area contributed by atoms with Crippen LogP contribution < -0.4 is 21.6 Å². The van der Waals surface area contributed by atoms with Gasteiger partial charge in [0, 0.05) is 40.3 Å². The quantitative estimate of drug-likeness (QED) is 0.542. The number of nitrogen functional groups attached to an aromatic ring is 1. The molecule has 0 aliphatic rings. The normalized spacial score (nSPS) is 12.3. The molecule has 0 atom stereocenters. The van der Waals surface area contributed by atoms with Crippen LogP contribution in [0, 0.1) is 12.7 Å². The number of carbonyl (C=O) groups excluding carboxylic acids is 1. The van der Waals surface area contributed by atoms with Gasteiger partial charge in [0.1, 0.15) is 11.6 Å². The minimum atomic E-state index is -0.320. The van der Waals surface area contributed by atoms with E-state index >= 15 is 0 Å². The van der Waals surface area contributed by atoms with E-state index in [0.29, 0.717) is 29.0 Å². The second kappa shape index (κ2) is 7.28. The zero-order chi connectivity index (χ0) is 19.7. The summed E-state index contributed by atoms with van der Waals surface area (Å²) in [5.41, 5.74) is 8.70. The van der Waals surface area contributed by atoms with Crippen molar-refractivity contribution in [1.29, 1.82) is 0 Å². The maximum atomic E-state index is 13.7. The summed E-state index contributed by atoms with van der Waals surface area (Å²) in [6.07, 6.45) is 1.84. The first-order valence-electron chi connectivity index (χ1n) is 8.66. The number of halogens is 1. The molecule has 142 valence electrons. The summed E-state index contributed by atoms with van der Waals surface area (Å²) in [4.78, 5) is 20.7. The van der Waals surface area contributed by atoms with E-state index in [9.17, 15) is 9.18 Å². The van der Waals surface area contributed by atoms with Gasteiger partial charge in [-0.1, -0.05) is 6.58 Å². The maximum absolute atomic E-state index is 13.7. The monoisotopic (exact) mass is 369 g/mol. The van der Waals surface area contributed by atoms with Crippen LogP contribution in [0.4, 0.5) is 10.2 Å². The van der Waals surface area contributed by atoms with Gasteiger partial charge in [0.2, 0.25) is 0 Å². The fourth-order valence-corrected chi connectivity index (χ4v) is 3.11. The number of likely N-dealkylation sites (N-methyl/N-ethyl adjacent to an activating group) is 1. The molecule has 6 nitrogen and oxygen atoms in total. The highest BCUT2D eigenvalue weighted by molar-refractivity contribution is 6.01. The predicted octanol–water partition coefficient (Wildman–Crippen LogP) is 1.06. The number of H-pyrrole nitrogens is 2. The fourth-order valence-electron chi connectivity index (χ4n) is 3.11. The Hall–Kier alpha value is -3.06. The lowest BCUT2D eigenvalue weighted by Crippen LogP contribution is -2.31. The van der Waals surface area contributed by atoms with Crippen LogP contribution in [0.15, 0.2) is 18.2 Å². The molecule has 3 aromatic rings. The zero-order valence-corrected chi connectivity index (χ0v) is 15.7. The van der Waals surface area contributed by atoms with Crippen LogP contribution in [0.3, 0.4) is 0 Å². The molecular formula is C20H24FN5O. The van der Waals surface area contributed by atoms with Crippen molar-refractivity contribution in [2.75, 3.05) is 32.9 Å². The Morgan fingerprint density at radius 3 is 2.81 bits per heavy atom. The number of nitrogens with one attached hydrogen (secondary N) is 3. The summed E-state index contributed by atoms with van der Waals surface area (Å²) in [7, 11) is 3.88. The number of nitrogens with two attached hydrogens (primary N) is 1. The average molecular weight is 369 g/mol. The van der Waals surface area contributed by atoms with E-state index in [0.717, 1.165) is 28.2 Å². The number of amides is 1. The molecule has 27 heavy (non-hydrogen) atoms. The molecule has 3 rings (SSSR count). The number of aromatic amines is 2. The van der Waals surface area contributed by atoms with Crippen LogP contribution >= 0.6 is 0 Å². The van der Waals surface area contributed by atoms with Crippen LogP contribution in [-0.2, 0) is 0 Å². The van der Waals surface area contributed by atoms with Crippen molar-refractivity contribution < 1.29 is 9.18 Å². The lowest BCUT2D eigenvalue weighted by Gasteiger charge is -2.10. The molecule has 0 aliphatic carbocycles. The van der Waals surface area contributed by atoms with E-state index in [2.05, 4.69) is 21.9 Å². The van der Waals surface area contributed by atoms with Gasteiger partial charge in [-0.05, 0) is 50.9 Å². The van der Waals surface area contributed by atoms with Crippen molar-refractivity contribution >= 4 is 35.3 Å². The van der Waals surface area contributed by atoms with Gasteiger partial charge in [0.25, 0.3) is 5.91 Å². The number of aromatic nitrogens is 2. The maximum Gasteiger partial charge on any atom is 0.255 e. The third-order valence-electron chi connectivity index (χ3n) is 4.56. The van der Waals surface area contributed by atoms with Crippen LogP contribution in [0.5, 0.6) is 0 Å². The number of anilines is 1. The highest BCUT2D eigenvalue weighted by atomic mass is 19.1. The first-order chi connectivity index (χ1) is 12.8. The molecule has 5 N–H and O–H groups in total.